The summed E-state index contributed by atoms with van der Waals surface area (Å²) in [5.41, 5.74) is -0.986. The highest BCUT2D eigenvalue weighted by molar-refractivity contribution is 6.36. The van der Waals surface area contributed by atoms with Gasteiger partial charge in [0.25, 0.3) is 0 Å². The largest absolute Gasteiger partial charge is 0.476 e. The summed E-state index contributed by atoms with van der Waals surface area (Å²) in [6.45, 7) is 2.45. The van der Waals surface area contributed by atoms with Gasteiger partial charge >= 0.3 is 5.97 Å². The van der Waals surface area contributed by atoms with Crippen molar-refractivity contribution in [3.8, 4) is 11.3 Å². The van der Waals surface area contributed by atoms with Crippen molar-refractivity contribution in [2.75, 3.05) is 5.32 Å². The fraction of sp³-hybridized carbons (Fsp3) is 0.133. The number of nitrogens with one attached hydrogen (secondary N) is 1. The average Bonchev–Trinajstić information content (AvgIpc) is 2.46. The first-order chi connectivity index (χ1) is 10.7. The molecule has 23 heavy (non-hydrogen) atoms. The number of aromatic nitrogens is 1. The van der Waals surface area contributed by atoms with Crippen LogP contribution in [0.5, 0.6) is 0 Å². The molecule has 0 saturated heterocycles. The Balaban J connectivity index is 2.72. The minimum absolute atomic E-state index is 0.0251. The van der Waals surface area contributed by atoms with E-state index in [1.165, 1.54) is 19.9 Å². The number of aromatic carboxylic acids is 1. The molecule has 2 aromatic rings. The molecule has 0 saturated carbocycles. The maximum atomic E-state index is 14.2. The van der Waals surface area contributed by atoms with Crippen LogP contribution in [0.1, 0.15) is 23.0 Å². The number of carboxylic acids is 1. The molecule has 0 aliphatic carbocycles. The van der Waals surface area contributed by atoms with Crippen LogP contribution in [0.25, 0.3) is 11.3 Å². The summed E-state index contributed by atoms with van der Waals surface area (Å²) in [6.07, 6.45) is 0. The summed E-state index contributed by atoms with van der Waals surface area (Å²) in [4.78, 5) is 26.2. The number of rotatable bonds is 3. The zero-order valence-electron chi connectivity index (χ0n) is 12.1. The molecule has 0 unspecified atom stereocenters. The molecule has 0 aliphatic heterocycles. The van der Waals surface area contributed by atoms with Gasteiger partial charge in [-0.05, 0) is 25.1 Å². The van der Waals surface area contributed by atoms with Crippen LogP contribution in [-0.4, -0.2) is 22.0 Å². The third kappa shape index (κ3) is 3.29. The summed E-state index contributed by atoms with van der Waals surface area (Å²) in [6, 6.07) is 3.41. The number of anilines is 1. The Kier molecular flexibility index (Phi) is 4.60. The number of benzene rings is 1. The highest BCUT2D eigenvalue weighted by Gasteiger charge is 2.20. The zero-order chi connectivity index (χ0) is 17.3. The molecule has 0 fully saturated rings. The summed E-state index contributed by atoms with van der Waals surface area (Å²) in [7, 11) is 0. The van der Waals surface area contributed by atoms with E-state index in [1.54, 1.807) is 0 Å². The molecular weight excluding hydrogens is 330 g/mol. The third-order valence-electron chi connectivity index (χ3n) is 3.07. The molecule has 8 heteroatoms. The summed E-state index contributed by atoms with van der Waals surface area (Å²) in [5, 5.41) is 11.2. The monoisotopic (exact) mass is 340 g/mol. The van der Waals surface area contributed by atoms with Crippen LogP contribution in [0.2, 0.25) is 5.02 Å². The van der Waals surface area contributed by atoms with Crippen molar-refractivity contribution >= 4 is 29.2 Å². The SMILES string of the molecule is CC(=O)Nc1cc(-c2ccc(F)c(C)c2F)nc(C(=O)O)c1Cl. The van der Waals surface area contributed by atoms with Gasteiger partial charge in [0.05, 0.1) is 16.4 Å². The van der Waals surface area contributed by atoms with E-state index in [4.69, 9.17) is 16.7 Å². The molecule has 0 radical (unpaired) electrons. The minimum Gasteiger partial charge on any atom is -0.476 e. The van der Waals surface area contributed by atoms with E-state index in [0.717, 1.165) is 12.1 Å². The lowest BCUT2D eigenvalue weighted by molar-refractivity contribution is -0.114. The van der Waals surface area contributed by atoms with Gasteiger partial charge in [0.15, 0.2) is 5.69 Å². The second-order valence-electron chi connectivity index (χ2n) is 4.74. The quantitative estimate of drug-likeness (QED) is 0.894. The van der Waals surface area contributed by atoms with Crippen molar-refractivity contribution < 1.29 is 23.5 Å². The molecule has 0 aliphatic rings. The topological polar surface area (TPSA) is 79.3 Å². The Morgan fingerprint density at radius 1 is 1.30 bits per heavy atom. The molecule has 1 amide bonds. The Morgan fingerprint density at radius 2 is 1.96 bits per heavy atom. The van der Waals surface area contributed by atoms with Crippen LogP contribution in [0.4, 0.5) is 14.5 Å². The number of carboxylic acid groups (broad SMARTS) is 1. The molecule has 0 spiro atoms. The second-order valence-corrected chi connectivity index (χ2v) is 5.12. The molecule has 1 aromatic carbocycles. The highest BCUT2D eigenvalue weighted by Crippen LogP contribution is 2.32. The van der Waals surface area contributed by atoms with Gasteiger partial charge in [0, 0.05) is 18.1 Å². The van der Waals surface area contributed by atoms with Crippen LogP contribution >= 0.6 is 11.6 Å². The number of pyridine rings is 1. The van der Waals surface area contributed by atoms with Gasteiger partial charge < -0.3 is 10.4 Å². The first-order valence-corrected chi connectivity index (χ1v) is 6.76. The number of nitrogens with zero attached hydrogens (tertiary/aromatic N) is 1. The third-order valence-corrected chi connectivity index (χ3v) is 3.45. The Bertz CT molecular complexity index is 825. The first kappa shape index (κ1) is 16.8. The van der Waals surface area contributed by atoms with Gasteiger partial charge in [-0.2, -0.15) is 0 Å². The Labute approximate surface area is 134 Å². The van der Waals surface area contributed by atoms with E-state index in [9.17, 15) is 18.4 Å². The molecule has 5 nitrogen and oxygen atoms in total. The van der Waals surface area contributed by atoms with E-state index < -0.39 is 29.2 Å². The molecule has 120 valence electrons. The predicted molar refractivity (Wildman–Crippen MR) is 80.6 cm³/mol. The van der Waals surface area contributed by atoms with E-state index in [2.05, 4.69) is 10.3 Å². The number of hydrogen-bond acceptors (Lipinski definition) is 3. The van der Waals surface area contributed by atoms with Crippen LogP contribution in [0.15, 0.2) is 18.2 Å². The van der Waals surface area contributed by atoms with Crippen molar-refractivity contribution in [2.24, 2.45) is 0 Å². The van der Waals surface area contributed by atoms with Crippen molar-refractivity contribution in [1.29, 1.82) is 0 Å². The fourth-order valence-corrected chi connectivity index (χ4v) is 2.17. The highest BCUT2D eigenvalue weighted by atomic mass is 35.5. The molecule has 2 N–H and O–H groups in total. The zero-order valence-corrected chi connectivity index (χ0v) is 12.8. The van der Waals surface area contributed by atoms with Gasteiger partial charge in [-0.1, -0.05) is 11.6 Å². The van der Waals surface area contributed by atoms with Gasteiger partial charge in [-0.3, -0.25) is 4.79 Å². The summed E-state index contributed by atoms with van der Waals surface area (Å²) in [5.74, 6) is -3.54. The van der Waals surface area contributed by atoms with Crippen LogP contribution in [0.3, 0.4) is 0 Å². The van der Waals surface area contributed by atoms with Crippen molar-refractivity contribution in [1.82, 2.24) is 4.98 Å². The maximum absolute atomic E-state index is 14.2. The Morgan fingerprint density at radius 3 is 2.52 bits per heavy atom. The fourth-order valence-electron chi connectivity index (χ4n) is 1.95. The maximum Gasteiger partial charge on any atom is 0.356 e. The van der Waals surface area contributed by atoms with Gasteiger partial charge in [-0.15, -0.1) is 0 Å². The lowest BCUT2D eigenvalue weighted by atomic mass is 10.1. The van der Waals surface area contributed by atoms with Gasteiger partial charge in [-0.25, -0.2) is 18.6 Å². The van der Waals surface area contributed by atoms with E-state index >= 15 is 0 Å². The number of hydrogen-bond donors (Lipinski definition) is 2. The first-order valence-electron chi connectivity index (χ1n) is 6.38. The van der Waals surface area contributed by atoms with Crippen molar-refractivity contribution in [3.05, 3.63) is 46.1 Å². The molecular formula is C15H11ClF2N2O3. The number of carbonyl (C=O) groups excluding carboxylic acids is 1. The average molecular weight is 341 g/mol. The molecule has 2 rings (SSSR count). The minimum atomic E-state index is -1.44. The number of amides is 1. The Hall–Kier alpha value is -2.54. The molecule has 0 atom stereocenters. The van der Waals surface area contributed by atoms with Crippen LogP contribution in [-0.2, 0) is 4.79 Å². The lowest BCUT2D eigenvalue weighted by Crippen LogP contribution is -2.11. The van der Waals surface area contributed by atoms with Crippen LogP contribution < -0.4 is 5.32 Å². The van der Waals surface area contributed by atoms with Gasteiger partial charge in [0.1, 0.15) is 11.6 Å². The summed E-state index contributed by atoms with van der Waals surface area (Å²) < 4.78 is 27.6. The van der Waals surface area contributed by atoms with E-state index in [-0.39, 0.29) is 27.5 Å². The van der Waals surface area contributed by atoms with Crippen LogP contribution in [0, 0.1) is 18.6 Å². The number of carbonyl (C=O) groups is 2. The summed E-state index contributed by atoms with van der Waals surface area (Å²) >= 11 is 5.89. The number of halogens is 3. The molecule has 1 heterocycles. The lowest BCUT2D eigenvalue weighted by Gasteiger charge is -2.12. The van der Waals surface area contributed by atoms with Crippen molar-refractivity contribution in [2.45, 2.75) is 13.8 Å². The smallest absolute Gasteiger partial charge is 0.356 e. The normalized spacial score (nSPS) is 10.5. The second kappa shape index (κ2) is 6.29. The standard InChI is InChI=1S/C15H11ClF2N2O3/c1-6-9(17)4-3-8(13(6)18)10-5-11(19-7(2)21)12(16)14(20-10)15(22)23/h3-5H,1-2H3,(H,22,23)(H,19,20,21). The molecule has 1 aromatic heterocycles. The van der Waals surface area contributed by atoms with Crippen molar-refractivity contribution in [3.63, 3.8) is 0 Å². The predicted octanol–water partition coefficient (Wildman–Crippen LogP) is 3.65. The van der Waals surface area contributed by atoms with E-state index in [1.807, 2.05) is 0 Å². The van der Waals surface area contributed by atoms with E-state index in [0.29, 0.717) is 0 Å². The molecule has 0 bridgehead atoms. The van der Waals surface area contributed by atoms with Gasteiger partial charge in [0.2, 0.25) is 5.91 Å².